The van der Waals surface area contributed by atoms with E-state index in [0.717, 1.165) is 11.4 Å². The van der Waals surface area contributed by atoms with Gasteiger partial charge in [-0.2, -0.15) is 0 Å². The Kier molecular flexibility index (Phi) is 3.23. The van der Waals surface area contributed by atoms with Crippen molar-refractivity contribution in [3.8, 4) is 11.4 Å². The van der Waals surface area contributed by atoms with Crippen LogP contribution in [0, 0.1) is 6.92 Å². The summed E-state index contributed by atoms with van der Waals surface area (Å²) < 4.78 is 0.694. The number of hydrogen-bond donors (Lipinski definition) is 2. The minimum Gasteiger partial charge on any atom is -0.318 e. The van der Waals surface area contributed by atoms with Gasteiger partial charge in [-0.15, -0.1) is 0 Å². The topological polar surface area (TPSA) is 70.7 Å². The van der Waals surface area contributed by atoms with E-state index < -0.39 is 0 Å². The van der Waals surface area contributed by atoms with Crippen LogP contribution in [0.25, 0.3) is 11.4 Å². The average Bonchev–Trinajstić information content (AvgIpc) is 2.58. The molecule has 0 saturated carbocycles. The summed E-state index contributed by atoms with van der Waals surface area (Å²) in [5.41, 5.74) is 2.35. The summed E-state index contributed by atoms with van der Waals surface area (Å²) in [5, 5.41) is 2.59. The highest BCUT2D eigenvalue weighted by molar-refractivity contribution is 9.10. The van der Waals surface area contributed by atoms with E-state index in [4.69, 9.17) is 0 Å². The monoisotopic (exact) mass is 294 g/mol. The van der Waals surface area contributed by atoms with E-state index >= 15 is 0 Å². The van der Waals surface area contributed by atoms with Crippen LogP contribution < -0.4 is 5.32 Å². The zero-order valence-electron chi connectivity index (χ0n) is 9.41. The van der Waals surface area contributed by atoms with Crippen LogP contribution in [-0.2, 0) is 4.79 Å². The Labute approximate surface area is 107 Å². The van der Waals surface area contributed by atoms with Crippen molar-refractivity contribution >= 4 is 27.8 Å². The lowest BCUT2D eigenvalue weighted by Crippen LogP contribution is -2.06. The Balaban J connectivity index is 2.39. The highest BCUT2D eigenvalue weighted by Gasteiger charge is 2.11. The first-order valence-corrected chi connectivity index (χ1v) is 5.82. The number of H-pyrrole nitrogens is 1. The first-order chi connectivity index (χ1) is 8.06. The molecule has 0 aromatic carbocycles. The summed E-state index contributed by atoms with van der Waals surface area (Å²) in [7, 11) is 0. The lowest BCUT2D eigenvalue weighted by Gasteiger charge is -1.98. The van der Waals surface area contributed by atoms with Gasteiger partial charge in [-0.25, -0.2) is 4.98 Å². The van der Waals surface area contributed by atoms with Gasteiger partial charge in [0, 0.05) is 12.6 Å². The molecule has 17 heavy (non-hydrogen) atoms. The van der Waals surface area contributed by atoms with Gasteiger partial charge < -0.3 is 4.98 Å². The molecule has 0 atom stereocenters. The molecule has 2 N–H and O–H groups in total. The summed E-state index contributed by atoms with van der Waals surface area (Å²) >= 11 is 3.36. The Morgan fingerprint density at radius 1 is 1.41 bits per heavy atom. The molecule has 5 nitrogen and oxygen atoms in total. The number of aromatic amines is 1. The fourth-order valence-corrected chi connectivity index (χ4v) is 1.90. The van der Waals surface area contributed by atoms with Crippen LogP contribution in [0.15, 0.2) is 22.8 Å². The highest BCUT2D eigenvalue weighted by atomic mass is 79.9. The van der Waals surface area contributed by atoms with Gasteiger partial charge in [-0.05, 0) is 35.0 Å². The molecule has 0 radical (unpaired) electrons. The average molecular weight is 295 g/mol. The molecule has 0 unspecified atom stereocenters. The Morgan fingerprint density at radius 2 is 2.18 bits per heavy atom. The predicted octanol–water partition coefficient (Wildman–Crippen LogP) is 2.50. The lowest BCUT2D eigenvalue weighted by molar-refractivity contribution is -0.114. The maximum absolute atomic E-state index is 10.9. The highest BCUT2D eigenvalue weighted by Crippen LogP contribution is 2.26. The van der Waals surface area contributed by atoms with E-state index in [2.05, 4.69) is 36.2 Å². The van der Waals surface area contributed by atoms with Crippen molar-refractivity contribution in [3.63, 3.8) is 0 Å². The molecule has 2 aromatic heterocycles. The molecular formula is C11H11BrN4O. The predicted molar refractivity (Wildman–Crippen MR) is 68.6 cm³/mol. The lowest BCUT2D eigenvalue weighted by atomic mass is 10.2. The molecule has 88 valence electrons. The zero-order valence-corrected chi connectivity index (χ0v) is 11.0. The number of halogens is 1. The second-order valence-corrected chi connectivity index (χ2v) is 4.39. The van der Waals surface area contributed by atoms with Gasteiger partial charge in [-0.3, -0.25) is 15.1 Å². The second kappa shape index (κ2) is 4.67. The van der Waals surface area contributed by atoms with Crippen molar-refractivity contribution in [2.75, 3.05) is 5.32 Å². The molecule has 2 rings (SSSR count). The maximum Gasteiger partial charge on any atom is 0.223 e. The number of hydrogen-bond acceptors (Lipinski definition) is 3. The van der Waals surface area contributed by atoms with Crippen molar-refractivity contribution in [2.45, 2.75) is 13.8 Å². The van der Waals surface area contributed by atoms with E-state index in [9.17, 15) is 4.79 Å². The van der Waals surface area contributed by atoms with Crippen LogP contribution >= 0.6 is 15.9 Å². The minimum atomic E-state index is -0.171. The number of nitrogens with one attached hydrogen (secondary N) is 2. The van der Waals surface area contributed by atoms with Crippen LogP contribution in [0.3, 0.4) is 0 Å². The van der Waals surface area contributed by atoms with Gasteiger partial charge in [0.25, 0.3) is 0 Å². The maximum atomic E-state index is 10.9. The first kappa shape index (κ1) is 11.8. The Morgan fingerprint density at radius 3 is 2.82 bits per heavy atom. The van der Waals surface area contributed by atoms with Crippen LogP contribution in [0.5, 0.6) is 0 Å². The van der Waals surface area contributed by atoms with Crippen molar-refractivity contribution in [3.05, 3.63) is 28.5 Å². The molecular weight excluding hydrogens is 284 g/mol. The number of nitrogens with zero attached hydrogens (tertiary/aromatic N) is 2. The first-order valence-electron chi connectivity index (χ1n) is 5.03. The number of carbonyl (C=O) groups is 1. The minimum absolute atomic E-state index is 0.171. The Bertz CT molecular complexity index is 564. The molecule has 0 aliphatic heterocycles. The smallest absolute Gasteiger partial charge is 0.223 e. The fourth-order valence-electron chi connectivity index (χ4n) is 1.42. The molecule has 6 heteroatoms. The number of anilines is 1. The third-order valence-corrected chi connectivity index (χ3v) is 2.66. The summed E-state index contributed by atoms with van der Waals surface area (Å²) in [6, 6.07) is 5.70. The quantitative estimate of drug-likeness (QED) is 0.894. The van der Waals surface area contributed by atoms with Gasteiger partial charge in [0.05, 0.1) is 5.69 Å². The van der Waals surface area contributed by atoms with Crippen LogP contribution in [0.2, 0.25) is 0 Å². The standard InChI is InChI=1S/C11H11BrN4O/c1-6-4-3-5-8(13-6)9-10(12)16-11(15-9)14-7(2)17/h3-5H,1-2H3,(H2,14,15,16,17). The van der Waals surface area contributed by atoms with Crippen molar-refractivity contribution in [2.24, 2.45) is 0 Å². The van der Waals surface area contributed by atoms with Crippen LogP contribution in [0.4, 0.5) is 5.95 Å². The van der Waals surface area contributed by atoms with Gasteiger partial charge in [-0.1, -0.05) is 6.07 Å². The second-order valence-electron chi connectivity index (χ2n) is 3.59. The Hall–Kier alpha value is -1.69. The number of imidazole rings is 1. The molecule has 0 saturated heterocycles. The molecule has 0 fully saturated rings. The number of pyridine rings is 1. The molecule has 0 aliphatic rings. The molecule has 2 heterocycles. The largest absolute Gasteiger partial charge is 0.318 e. The SMILES string of the molecule is CC(=O)Nc1nc(-c2cccc(C)n2)c(Br)[nH]1. The zero-order chi connectivity index (χ0) is 12.4. The van der Waals surface area contributed by atoms with Crippen molar-refractivity contribution in [1.82, 2.24) is 15.0 Å². The number of carbonyl (C=O) groups excluding carboxylic acids is 1. The fraction of sp³-hybridized carbons (Fsp3) is 0.182. The third-order valence-electron chi connectivity index (χ3n) is 2.09. The molecule has 0 bridgehead atoms. The molecule has 2 aromatic rings. The van der Waals surface area contributed by atoms with E-state index in [0.29, 0.717) is 16.2 Å². The van der Waals surface area contributed by atoms with E-state index in [1.807, 2.05) is 25.1 Å². The molecule has 0 spiro atoms. The summed E-state index contributed by atoms with van der Waals surface area (Å²) in [6.45, 7) is 3.35. The van der Waals surface area contributed by atoms with Crippen LogP contribution in [-0.4, -0.2) is 20.9 Å². The van der Waals surface area contributed by atoms with E-state index in [1.54, 1.807) is 0 Å². The number of amides is 1. The number of aromatic nitrogens is 3. The summed E-state index contributed by atoms with van der Waals surface area (Å²) in [6.07, 6.45) is 0. The van der Waals surface area contributed by atoms with Crippen molar-refractivity contribution in [1.29, 1.82) is 0 Å². The van der Waals surface area contributed by atoms with Gasteiger partial charge in [0.1, 0.15) is 10.3 Å². The van der Waals surface area contributed by atoms with Crippen molar-refractivity contribution < 1.29 is 4.79 Å². The third kappa shape index (κ3) is 2.71. The van der Waals surface area contributed by atoms with Gasteiger partial charge in [0.2, 0.25) is 11.9 Å². The molecule has 1 amide bonds. The van der Waals surface area contributed by atoms with E-state index in [1.165, 1.54) is 6.92 Å². The van der Waals surface area contributed by atoms with E-state index in [-0.39, 0.29) is 5.91 Å². The number of aryl methyl sites for hydroxylation is 1. The molecule has 0 aliphatic carbocycles. The van der Waals surface area contributed by atoms with Crippen LogP contribution in [0.1, 0.15) is 12.6 Å². The normalized spacial score (nSPS) is 10.3. The van der Waals surface area contributed by atoms with Gasteiger partial charge >= 0.3 is 0 Å². The van der Waals surface area contributed by atoms with Gasteiger partial charge in [0.15, 0.2) is 0 Å². The number of rotatable bonds is 2. The summed E-state index contributed by atoms with van der Waals surface area (Å²) in [4.78, 5) is 22.5. The summed E-state index contributed by atoms with van der Waals surface area (Å²) in [5.74, 6) is 0.234.